The molecule has 0 unspecified atom stereocenters. The Hall–Kier alpha value is -1.67. The van der Waals surface area contributed by atoms with E-state index >= 15 is 0 Å². The van der Waals surface area contributed by atoms with Gasteiger partial charge in [-0.2, -0.15) is 0 Å². The molecular formula is C13H17N3O3S2. The molecule has 6 nitrogen and oxygen atoms in total. The van der Waals surface area contributed by atoms with Gasteiger partial charge in [0.2, 0.25) is 5.91 Å². The number of H-pyrrole nitrogens is 1. The molecule has 0 radical (unpaired) electrons. The third-order valence-electron chi connectivity index (χ3n) is 3.39. The molecule has 0 spiro atoms. The van der Waals surface area contributed by atoms with Crippen LogP contribution in [0.2, 0.25) is 0 Å². The number of nitrogens with zero attached hydrogens (tertiary/aromatic N) is 1. The Morgan fingerprint density at radius 1 is 1.43 bits per heavy atom. The van der Waals surface area contributed by atoms with Gasteiger partial charge in [0, 0.05) is 12.8 Å². The molecule has 1 aromatic heterocycles. The molecular weight excluding hydrogens is 310 g/mol. The molecule has 0 aliphatic rings. The van der Waals surface area contributed by atoms with Crippen LogP contribution in [0.5, 0.6) is 0 Å². The molecule has 114 valence electrons. The third-order valence-corrected chi connectivity index (χ3v) is 4.85. The number of para-hydroxylation sites is 1. The van der Waals surface area contributed by atoms with Crippen LogP contribution < -0.4 is 5.73 Å². The summed E-state index contributed by atoms with van der Waals surface area (Å²) in [6, 6.07) is 4.93. The topological polar surface area (TPSA) is 97.9 Å². The normalized spacial score (nSPS) is 12.7. The number of aromatic nitrogens is 2. The summed E-state index contributed by atoms with van der Waals surface area (Å²) >= 11 is 5.25. The first-order chi connectivity index (χ1) is 9.54. The molecule has 0 saturated carbocycles. The van der Waals surface area contributed by atoms with E-state index in [-0.39, 0.29) is 11.4 Å². The Balaban J connectivity index is 2.71. The number of nitrogens with one attached hydrogen (secondary N) is 1. The molecule has 0 aliphatic carbocycles. The molecule has 8 heteroatoms. The summed E-state index contributed by atoms with van der Waals surface area (Å²) in [5.74, 6) is -0.446. The number of primary amides is 1. The molecule has 0 atom stereocenters. The average molecular weight is 327 g/mol. The SMILES string of the molecule is CC(C)(Cn1c(=S)[nH]c2c(S(C)(=O)=O)cccc21)C(N)=O. The fraction of sp³-hybridized carbons (Fsp3) is 0.385. The van der Waals surface area contributed by atoms with Crippen molar-refractivity contribution >= 4 is 39.0 Å². The van der Waals surface area contributed by atoms with E-state index in [4.69, 9.17) is 18.0 Å². The number of hydrogen-bond donors (Lipinski definition) is 2. The fourth-order valence-electron chi connectivity index (χ4n) is 2.09. The standard InChI is InChI=1S/C13H17N3O3S2/c1-13(2,11(14)17)7-16-8-5-4-6-9(21(3,18)19)10(8)15-12(16)20/h4-6H,7H2,1-3H3,(H2,14,17)(H,15,20). The zero-order valence-corrected chi connectivity index (χ0v) is 13.6. The van der Waals surface area contributed by atoms with Crippen molar-refractivity contribution in [3.63, 3.8) is 0 Å². The summed E-state index contributed by atoms with van der Waals surface area (Å²) in [7, 11) is -3.38. The monoisotopic (exact) mass is 327 g/mol. The number of hydrogen-bond acceptors (Lipinski definition) is 4. The number of carbonyl (C=O) groups excluding carboxylic acids is 1. The van der Waals surface area contributed by atoms with Crippen molar-refractivity contribution < 1.29 is 13.2 Å². The van der Waals surface area contributed by atoms with Crippen LogP contribution in [-0.4, -0.2) is 30.1 Å². The minimum atomic E-state index is -3.38. The van der Waals surface area contributed by atoms with Gasteiger partial charge in [-0.3, -0.25) is 4.79 Å². The minimum Gasteiger partial charge on any atom is -0.369 e. The quantitative estimate of drug-likeness (QED) is 0.834. The van der Waals surface area contributed by atoms with E-state index in [1.807, 2.05) is 0 Å². The highest BCUT2D eigenvalue weighted by Gasteiger charge is 2.27. The van der Waals surface area contributed by atoms with Crippen LogP contribution >= 0.6 is 12.2 Å². The Kier molecular flexibility index (Phi) is 3.71. The summed E-state index contributed by atoms with van der Waals surface area (Å²) in [5, 5.41) is 0. The van der Waals surface area contributed by atoms with Crippen LogP contribution in [0.4, 0.5) is 0 Å². The zero-order chi connectivity index (χ0) is 16.0. The molecule has 0 aliphatic heterocycles. The number of fused-ring (bicyclic) bond motifs is 1. The van der Waals surface area contributed by atoms with Crippen LogP contribution in [0.15, 0.2) is 23.1 Å². The molecule has 1 heterocycles. The van der Waals surface area contributed by atoms with Gasteiger partial charge in [0.25, 0.3) is 0 Å². The second kappa shape index (κ2) is 4.96. The smallest absolute Gasteiger partial charge is 0.224 e. The van der Waals surface area contributed by atoms with E-state index in [1.165, 1.54) is 6.07 Å². The predicted octanol–water partition coefficient (Wildman–Crippen LogP) is 1.61. The lowest BCUT2D eigenvalue weighted by molar-refractivity contribution is -0.126. The molecule has 0 bridgehead atoms. The number of aromatic amines is 1. The van der Waals surface area contributed by atoms with Crippen molar-refractivity contribution in [3.05, 3.63) is 23.0 Å². The zero-order valence-electron chi connectivity index (χ0n) is 12.0. The Labute approximate surface area is 127 Å². The van der Waals surface area contributed by atoms with E-state index in [1.54, 1.807) is 30.5 Å². The number of rotatable bonds is 4. The van der Waals surface area contributed by atoms with Gasteiger partial charge in [0.05, 0.1) is 21.3 Å². The molecule has 21 heavy (non-hydrogen) atoms. The molecule has 0 saturated heterocycles. The number of imidazole rings is 1. The molecule has 1 aromatic carbocycles. The van der Waals surface area contributed by atoms with Gasteiger partial charge in [0.1, 0.15) is 0 Å². The number of benzene rings is 1. The van der Waals surface area contributed by atoms with E-state index in [9.17, 15) is 13.2 Å². The molecule has 0 fully saturated rings. The molecule has 1 amide bonds. The van der Waals surface area contributed by atoms with Crippen molar-refractivity contribution in [1.29, 1.82) is 0 Å². The van der Waals surface area contributed by atoms with Crippen molar-refractivity contribution in [2.24, 2.45) is 11.1 Å². The summed E-state index contributed by atoms with van der Waals surface area (Å²) in [4.78, 5) is 14.6. The Morgan fingerprint density at radius 3 is 2.57 bits per heavy atom. The lowest BCUT2D eigenvalue weighted by Gasteiger charge is -2.21. The lowest BCUT2D eigenvalue weighted by Crippen LogP contribution is -2.35. The van der Waals surface area contributed by atoms with Crippen molar-refractivity contribution in [3.8, 4) is 0 Å². The first-order valence-corrected chi connectivity index (χ1v) is 8.55. The maximum atomic E-state index is 11.8. The van der Waals surface area contributed by atoms with Gasteiger partial charge < -0.3 is 15.3 Å². The van der Waals surface area contributed by atoms with Crippen LogP contribution in [0.3, 0.4) is 0 Å². The van der Waals surface area contributed by atoms with Gasteiger partial charge in [-0.25, -0.2) is 8.42 Å². The summed E-state index contributed by atoms with van der Waals surface area (Å²) in [6.07, 6.45) is 1.14. The Morgan fingerprint density at radius 2 is 2.05 bits per heavy atom. The summed E-state index contributed by atoms with van der Waals surface area (Å²) in [5.41, 5.74) is 5.68. The number of nitrogens with two attached hydrogens (primary N) is 1. The minimum absolute atomic E-state index is 0.182. The van der Waals surface area contributed by atoms with Gasteiger partial charge in [-0.05, 0) is 38.2 Å². The first-order valence-electron chi connectivity index (χ1n) is 6.25. The van der Waals surface area contributed by atoms with E-state index in [2.05, 4.69) is 4.98 Å². The van der Waals surface area contributed by atoms with E-state index in [0.717, 1.165) is 6.26 Å². The average Bonchev–Trinajstić information content (AvgIpc) is 2.64. The van der Waals surface area contributed by atoms with E-state index in [0.29, 0.717) is 15.8 Å². The highest BCUT2D eigenvalue weighted by atomic mass is 32.2. The van der Waals surface area contributed by atoms with Gasteiger partial charge in [0.15, 0.2) is 14.6 Å². The highest BCUT2D eigenvalue weighted by molar-refractivity contribution is 7.91. The first kappa shape index (κ1) is 15.7. The van der Waals surface area contributed by atoms with Crippen LogP contribution in [0, 0.1) is 10.2 Å². The van der Waals surface area contributed by atoms with Gasteiger partial charge in [-0.15, -0.1) is 0 Å². The van der Waals surface area contributed by atoms with Crippen LogP contribution in [0.1, 0.15) is 13.8 Å². The summed E-state index contributed by atoms with van der Waals surface area (Å²) in [6.45, 7) is 3.71. The molecule has 2 rings (SSSR count). The van der Waals surface area contributed by atoms with Crippen molar-refractivity contribution in [2.45, 2.75) is 25.3 Å². The number of sulfone groups is 1. The fourth-order valence-corrected chi connectivity index (χ4v) is 3.21. The predicted molar refractivity (Wildman–Crippen MR) is 83.2 cm³/mol. The van der Waals surface area contributed by atoms with Crippen molar-refractivity contribution in [2.75, 3.05) is 6.26 Å². The number of carbonyl (C=O) groups is 1. The second-order valence-corrected chi connectivity index (χ2v) is 8.06. The second-order valence-electron chi connectivity index (χ2n) is 5.69. The summed E-state index contributed by atoms with van der Waals surface area (Å²) < 4.78 is 25.7. The lowest BCUT2D eigenvalue weighted by atomic mass is 9.92. The van der Waals surface area contributed by atoms with Gasteiger partial charge >= 0.3 is 0 Å². The van der Waals surface area contributed by atoms with Crippen LogP contribution in [-0.2, 0) is 21.2 Å². The van der Waals surface area contributed by atoms with Crippen LogP contribution in [0.25, 0.3) is 11.0 Å². The Bertz CT molecular complexity index is 876. The van der Waals surface area contributed by atoms with Gasteiger partial charge in [-0.1, -0.05) is 6.07 Å². The third kappa shape index (κ3) is 2.86. The molecule has 2 aromatic rings. The number of amides is 1. The largest absolute Gasteiger partial charge is 0.369 e. The van der Waals surface area contributed by atoms with Crippen molar-refractivity contribution in [1.82, 2.24) is 9.55 Å². The maximum absolute atomic E-state index is 11.8. The maximum Gasteiger partial charge on any atom is 0.224 e. The van der Waals surface area contributed by atoms with E-state index < -0.39 is 21.2 Å². The molecule has 3 N–H and O–H groups in total. The highest BCUT2D eigenvalue weighted by Crippen LogP contribution is 2.26.